The number of amides is 2. The summed E-state index contributed by atoms with van der Waals surface area (Å²) in [7, 11) is 4.85. The maximum absolute atomic E-state index is 11.7. The fourth-order valence-electron chi connectivity index (χ4n) is 2.13. The minimum Gasteiger partial charge on any atom is -0.496 e. The van der Waals surface area contributed by atoms with E-state index in [4.69, 9.17) is 9.84 Å². The third-order valence-electron chi connectivity index (χ3n) is 3.54. The van der Waals surface area contributed by atoms with Crippen molar-refractivity contribution in [2.24, 2.45) is 0 Å². The van der Waals surface area contributed by atoms with Gasteiger partial charge in [-0.15, -0.1) is 0 Å². The lowest BCUT2D eigenvalue weighted by Gasteiger charge is -2.11. The van der Waals surface area contributed by atoms with Gasteiger partial charge < -0.3 is 20.1 Å². The number of rotatable bonds is 9. The largest absolute Gasteiger partial charge is 0.496 e. The van der Waals surface area contributed by atoms with Crippen molar-refractivity contribution in [3.05, 3.63) is 29.3 Å². The van der Waals surface area contributed by atoms with E-state index in [9.17, 15) is 14.4 Å². The van der Waals surface area contributed by atoms with Crippen LogP contribution in [0, 0.1) is 0 Å². The smallest absolute Gasteiger partial charge is 0.335 e. The SMILES string of the molecule is COc1cc(C(=O)O)ccc1CCNC(=O)CCCC(=O)N(C)C. The van der Waals surface area contributed by atoms with Gasteiger partial charge in [-0.25, -0.2) is 4.79 Å². The Hall–Kier alpha value is -2.57. The van der Waals surface area contributed by atoms with Gasteiger partial charge in [-0.2, -0.15) is 0 Å². The molecule has 0 spiro atoms. The zero-order valence-corrected chi connectivity index (χ0v) is 14.3. The average Bonchev–Trinajstić information content (AvgIpc) is 2.54. The van der Waals surface area contributed by atoms with Gasteiger partial charge >= 0.3 is 5.97 Å². The van der Waals surface area contributed by atoms with E-state index in [0.29, 0.717) is 38.0 Å². The van der Waals surface area contributed by atoms with Gasteiger partial charge in [0.1, 0.15) is 5.75 Å². The quantitative estimate of drug-likeness (QED) is 0.709. The molecule has 132 valence electrons. The molecule has 2 amide bonds. The molecule has 0 saturated carbocycles. The summed E-state index contributed by atoms with van der Waals surface area (Å²) in [4.78, 5) is 35.6. The second-order valence-corrected chi connectivity index (χ2v) is 5.57. The zero-order chi connectivity index (χ0) is 18.1. The first-order chi connectivity index (χ1) is 11.3. The van der Waals surface area contributed by atoms with Gasteiger partial charge in [0.25, 0.3) is 0 Å². The molecule has 0 aliphatic heterocycles. The predicted molar refractivity (Wildman–Crippen MR) is 89.2 cm³/mol. The van der Waals surface area contributed by atoms with Crippen molar-refractivity contribution in [3.8, 4) is 5.75 Å². The van der Waals surface area contributed by atoms with E-state index in [1.165, 1.54) is 24.1 Å². The molecule has 24 heavy (non-hydrogen) atoms. The van der Waals surface area contributed by atoms with E-state index < -0.39 is 5.97 Å². The fourth-order valence-corrected chi connectivity index (χ4v) is 2.13. The number of hydrogen-bond acceptors (Lipinski definition) is 4. The molecule has 0 bridgehead atoms. The Morgan fingerprint density at radius 2 is 1.92 bits per heavy atom. The summed E-state index contributed by atoms with van der Waals surface area (Å²) in [6, 6.07) is 4.66. The number of methoxy groups -OCH3 is 1. The minimum absolute atomic E-state index is 0.00561. The molecule has 1 aromatic rings. The van der Waals surface area contributed by atoms with Crippen LogP contribution in [0.3, 0.4) is 0 Å². The van der Waals surface area contributed by atoms with Crippen LogP contribution in [0.4, 0.5) is 0 Å². The van der Waals surface area contributed by atoms with Crippen molar-refractivity contribution in [1.29, 1.82) is 0 Å². The molecule has 1 rings (SSSR count). The van der Waals surface area contributed by atoms with Crippen LogP contribution < -0.4 is 10.1 Å². The van der Waals surface area contributed by atoms with Gasteiger partial charge in [0.15, 0.2) is 0 Å². The summed E-state index contributed by atoms with van der Waals surface area (Å²) < 4.78 is 5.19. The molecule has 7 heteroatoms. The van der Waals surface area contributed by atoms with Gasteiger partial charge in [-0.1, -0.05) is 6.07 Å². The third kappa shape index (κ3) is 6.28. The lowest BCUT2D eigenvalue weighted by atomic mass is 10.1. The number of hydrogen-bond donors (Lipinski definition) is 2. The van der Waals surface area contributed by atoms with Crippen molar-refractivity contribution in [2.45, 2.75) is 25.7 Å². The molecule has 0 saturated heterocycles. The first kappa shape index (κ1) is 19.5. The predicted octanol–water partition coefficient (Wildman–Crippen LogP) is 1.31. The highest BCUT2D eigenvalue weighted by Crippen LogP contribution is 2.20. The van der Waals surface area contributed by atoms with Gasteiger partial charge in [-0.05, 0) is 30.5 Å². The van der Waals surface area contributed by atoms with E-state index >= 15 is 0 Å². The van der Waals surface area contributed by atoms with Gasteiger partial charge in [0.05, 0.1) is 12.7 Å². The molecular weight excluding hydrogens is 312 g/mol. The highest BCUT2D eigenvalue weighted by atomic mass is 16.5. The van der Waals surface area contributed by atoms with Gasteiger partial charge in [0, 0.05) is 33.5 Å². The van der Waals surface area contributed by atoms with Crippen molar-refractivity contribution in [3.63, 3.8) is 0 Å². The summed E-state index contributed by atoms with van der Waals surface area (Å²) in [5.41, 5.74) is 0.982. The third-order valence-corrected chi connectivity index (χ3v) is 3.54. The molecule has 0 unspecified atom stereocenters. The standard InChI is InChI=1S/C17H24N2O5/c1-19(2)16(21)6-4-5-15(20)18-10-9-12-7-8-13(17(22)23)11-14(12)24-3/h7-8,11H,4-6,9-10H2,1-3H3,(H,18,20)(H,22,23). The number of aromatic carboxylic acids is 1. The topological polar surface area (TPSA) is 95.9 Å². The summed E-state index contributed by atoms with van der Waals surface area (Å²) >= 11 is 0. The first-order valence-corrected chi connectivity index (χ1v) is 7.72. The number of carbonyl (C=O) groups is 3. The van der Waals surface area contributed by atoms with Crippen LogP contribution in [0.5, 0.6) is 5.75 Å². The molecule has 1 aromatic carbocycles. The van der Waals surface area contributed by atoms with Crippen LogP contribution in [-0.2, 0) is 16.0 Å². The number of ether oxygens (including phenoxy) is 1. The average molecular weight is 336 g/mol. The zero-order valence-electron chi connectivity index (χ0n) is 14.3. The van der Waals surface area contributed by atoms with Crippen molar-refractivity contribution < 1.29 is 24.2 Å². The Balaban J connectivity index is 2.40. The Morgan fingerprint density at radius 1 is 1.21 bits per heavy atom. The second-order valence-electron chi connectivity index (χ2n) is 5.57. The molecule has 0 heterocycles. The molecule has 0 fully saturated rings. The normalized spacial score (nSPS) is 10.1. The minimum atomic E-state index is -1.01. The number of nitrogens with one attached hydrogen (secondary N) is 1. The highest BCUT2D eigenvalue weighted by Gasteiger charge is 2.10. The number of carboxylic acid groups (broad SMARTS) is 1. The Labute approximate surface area is 141 Å². The molecular formula is C17H24N2O5. The van der Waals surface area contributed by atoms with Crippen LogP contribution in [-0.4, -0.2) is 55.5 Å². The molecule has 0 aliphatic rings. The van der Waals surface area contributed by atoms with Crippen molar-refractivity contribution in [1.82, 2.24) is 10.2 Å². The van der Waals surface area contributed by atoms with Gasteiger partial charge in [0.2, 0.25) is 11.8 Å². The van der Waals surface area contributed by atoms with Crippen LogP contribution in [0.2, 0.25) is 0 Å². The lowest BCUT2D eigenvalue weighted by molar-refractivity contribution is -0.129. The van der Waals surface area contributed by atoms with E-state index in [1.54, 1.807) is 20.2 Å². The van der Waals surface area contributed by atoms with Crippen LogP contribution in [0.25, 0.3) is 0 Å². The van der Waals surface area contributed by atoms with Crippen molar-refractivity contribution in [2.75, 3.05) is 27.7 Å². The monoisotopic (exact) mass is 336 g/mol. The van der Waals surface area contributed by atoms with E-state index in [2.05, 4.69) is 5.32 Å². The number of benzene rings is 1. The van der Waals surface area contributed by atoms with E-state index in [0.717, 1.165) is 5.56 Å². The lowest BCUT2D eigenvalue weighted by Crippen LogP contribution is -2.26. The number of carboxylic acids is 1. The summed E-state index contributed by atoms with van der Waals surface area (Å²) in [6.07, 6.45) is 1.70. The maximum Gasteiger partial charge on any atom is 0.335 e. The maximum atomic E-state index is 11.7. The molecule has 0 atom stereocenters. The Bertz CT molecular complexity index is 599. The second kappa shape index (κ2) is 9.54. The summed E-state index contributed by atoms with van der Waals surface area (Å²) in [6.45, 7) is 0.420. The molecule has 7 nitrogen and oxygen atoms in total. The molecule has 0 aliphatic carbocycles. The molecule has 0 radical (unpaired) electrons. The van der Waals surface area contributed by atoms with Crippen LogP contribution in [0.1, 0.15) is 35.2 Å². The Morgan fingerprint density at radius 3 is 2.50 bits per heavy atom. The number of nitrogens with zero attached hydrogens (tertiary/aromatic N) is 1. The highest BCUT2D eigenvalue weighted by molar-refractivity contribution is 5.88. The van der Waals surface area contributed by atoms with E-state index in [1.807, 2.05) is 0 Å². The summed E-state index contributed by atoms with van der Waals surface area (Å²) in [5, 5.41) is 11.7. The molecule has 0 aromatic heterocycles. The Kier molecular flexibility index (Phi) is 7.74. The van der Waals surface area contributed by atoms with Crippen molar-refractivity contribution >= 4 is 17.8 Å². The number of carbonyl (C=O) groups excluding carboxylic acids is 2. The van der Waals surface area contributed by atoms with E-state index in [-0.39, 0.29) is 17.4 Å². The fraction of sp³-hybridized carbons (Fsp3) is 0.471. The van der Waals surface area contributed by atoms with Crippen LogP contribution >= 0.6 is 0 Å². The molecule has 2 N–H and O–H groups in total. The van der Waals surface area contributed by atoms with Gasteiger partial charge in [-0.3, -0.25) is 9.59 Å². The first-order valence-electron chi connectivity index (χ1n) is 7.72. The summed E-state index contributed by atoms with van der Waals surface area (Å²) in [5.74, 6) is -0.630. The van der Waals surface area contributed by atoms with Crippen LogP contribution in [0.15, 0.2) is 18.2 Å².